The molecule has 2 heterocycles. The smallest absolute Gasteiger partial charge is 0.0107 e. The molecule has 2 aliphatic rings. The fraction of sp³-hybridized carbons (Fsp3) is 1.00. The number of hydrogen-bond donors (Lipinski definition) is 1. The van der Waals surface area contributed by atoms with E-state index in [0.29, 0.717) is 0 Å². The fourth-order valence-electron chi connectivity index (χ4n) is 1.53. The summed E-state index contributed by atoms with van der Waals surface area (Å²) < 4.78 is 0. The molecule has 2 saturated heterocycles. The Morgan fingerprint density at radius 2 is 0.850 bits per heavy atom. The summed E-state index contributed by atoms with van der Waals surface area (Å²) in [6.45, 7) is 15.4. The average Bonchev–Trinajstić information content (AvgIpc) is 2.97. The first kappa shape index (κ1) is 32.0. The van der Waals surface area contributed by atoms with Gasteiger partial charge in [-0.3, -0.25) is 0 Å². The maximum atomic E-state index is 3.22. The van der Waals surface area contributed by atoms with Crippen molar-refractivity contribution >= 4 is 0 Å². The van der Waals surface area contributed by atoms with Gasteiger partial charge in [0.25, 0.3) is 0 Å². The van der Waals surface area contributed by atoms with Crippen LogP contribution in [0.25, 0.3) is 0 Å². The van der Waals surface area contributed by atoms with E-state index in [1.807, 2.05) is 27.7 Å². The van der Waals surface area contributed by atoms with E-state index in [0.717, 1.165) is 0 Å². The van der Waals surface area contributed by atoms with Crippen LogP contribution in [0.1, 0.15) is 62.8 Å². The summed E-state index contributed by atoms with van der Waals surface area (Å²) in [4.78, 5) is 4.72. The van der Waals surface area contributed by atoms with Crippen LogP contribution in [0.15, 0.2) is 0 Å². The highest BCUT2D eigenvalue weighted by molar-refractivity contribution is 4.64. The van der Waals surface area contributed by atoms with Crippen LogP contribution in [0.4, 0.5) is 0 Å². The van der Waals surface area contributed by atoms with E-state index in [9.17, 15) is 0 Å². The predicted octanol–water partition coefficient (Wildman–Crippen LogP) is 4.19. The summed E-state index contributed by atoms with van der Waals surface area (Å²) in [5, 5.41) is 3.22. The average molecular weight is 294 g/mol. The van der Waals surface area contributed by atoms with Crippen LogP contribution < -0.4 is 5.32 Å². The Hall–Kier alpha value is -0.120. The van der Waals surface area contributed by atoms with Crippen molar-refractivity contribution in [1.29, 1.82) is 0 Å². The topological polar surface area (TPSA) is 18.5 Å². The molecule has 2 fully saturated rings. The van der Waals surface area contributed by atoms with Crippen LogP contribution in [-0.2, 0) is 0 Å². The summed E-state index contributed by atoms with van der Waals surface area (Å²) in [6.07, 6.45) is 2.78. The Balaban J connectivity index is -0.0000000556. The van der Waals surface area contributed by atoms with Crippen LogP contribution in [0, 0.1) is 0 Å². The lowest BCUT2D eigenvalue weighted by atomic mass is 10.4. The van der Waals surface area contributed by atoms with Crippen molar-refractivity contribution in [2.45, 2.75) is 62.8 Å². The maximum absolute atomic E-state index is 3.22. The highest BCUT2D eigenvalue weighted by Crippen LogP contribution is 1.93. The minimum Gasteiger partial charge on any atom is -0.317 e. The van der Waals surface area contributed by atoms with Crippen LogP contribution in [0.5, 0.6) is 0 Å². The molecule has 2 rings (SSSR count). The van der Waals surface area contributed by atoms with Crippen LogP contribution in [0.3, 0.4) is 0 Å². The van der Waals surface area contributed by atoms with Gasteiger partial charge >= 0.3 is 0 Å². The standard InChI is InChI=1S/C6H14N2.C4H9N.2C2H6.3CH4/c1-7-3-5-8(2)6-4-7;1-2-4-5-3-1;2*1-2;;;/h3-6H2,1-2H3;5H,1-4H2;2*1-2H3;3*1H4. The fourth-order valence-corrected chi connectivity index (χ4v) is 1.53. The van der Waals surface area contributed by atoms with Crippen molar-refractivity contribution in [3.05, 3.63) is 0 Å². The molecule has 0 unspecified atom stereocenters. The van der Waals surface area contributed by atoms with Gasteiger partial charge < -0.3 is 15.1 Å². The minimum atomic E-state index is 0. The summed E-state index contributed by atoms with van der Waals surface area (Å²) in [5.41, 5.74) is 0. The molecule has 1 N–H and O–H groups in total. The third kappa shape index (κ3) is 23.0. The van der Waals surface area contributed by atoms with E-state index >= 15 is 0 Å². The van der Waals surface area contributed by atoms with Gasteiger partial charge in [-0.25, -0.2) is 0 Å². The monoisotopic (exact) mass is 293 g/mol. The van der Waals surface area contributed by atoms with Crippen LogP contribution >= 0.6 is 0 Å². The third-order valence-electron chi connectivity index (χ3n) is 2.68. The molecule has 0 atom stereocenters. The number of nitrogens with zero attached hydrogens (tertiary/aromatic N) is 2. The van der Waals surface area contributed by atoms with Crippen molar-refractivity contribution in [3.8, 4) is 0 Å². The summed E-state index contributed by atoms with van der Waals surface area (Å²) >= 11 is 0. The van der Waals surface area contributed by atoms with E-state index < -0.39 is 0 Å². The van der Waals surface area contributed by atoms with Crippen molar-refractivity contribution in [2.75, 3.05) is 53.4 Å². The summed E-state index contributed by atoms with van der Waals surface area (Å²) in [6, 6.07) is 0. The Labute approximate surface area is 132 Å². The molecule has 20 heavy (non-hydrogen) atoms. The molecule has 0 aromatic heterocycles. The number of nitrogens with one attached hydrogen (secondary N) is 1. The van der Waals surface area contributed by atoms with Crippen LogP contribution in [-0.4, -0.2) is 63.2 Å². The highest BCUT2D eigenvalue weighted by atomic mass is 15.2. The second-order valence-corrected chi connectivity index (χ2v) is 4.06. The minimum absolute atomic E-state index is 0. The Bertz CT molecular complexity index is 99.8. The molecule has 3 nitrogen and oxygen atoms in total. The van der Waals surface area contributed by atoms with E-state index in [1.54, 1.807) is 0 Å². The zero-order valence-electron chi connectivity index (χ0n) is 13.1. The molecule has 0 aromatic carbocycles. The van der Waals surface area contributed by atoms with Gasteiger partial charge in [0.05, 0.1) is 0 Å². The number of piperazine rings is 1. The SMILES string of the molecule is C.C.C.C1CCNC1.CC.CC.CN1CCN(C)CC1. The first-order chi connectivity index (χ1) is 8.29. The molecule has 0 saturated carbocycles. The van der Waals surface area contributed by atoms with Crippen LogP contribution in [0.2, 0.25) is 0 Å². The number of hydrogen-bond acceptors (Lipinski definition) is 3. The predicted molar refractivity (Wildman–Crippen MR) is 100.0 cm³/mol. The Morgan fingerprint density at radius 1 is 0.600 bits per heavy atom. The molecular weight excluding hydrogens is 246 g/mol. The van der Waals surface area contributed by atoms with E-state index in [4.69, 9.17) is 0 Å². The lowest BCUT2D eigenvalue weighted by molar-refractivity contribution is 0.181. The Morgan fingerprint density at radius 3 is 1.00 bits per heavy atom. The zero-order chi connectivity index (χ0) is 13.5. The van der Waals surface area contributed by atoms with Gasteiger partial charge in [0.1, 0.15) is 0 Å². The van der Waals surface area contributed by atoms with Gasteiger partial charge in [-0.1, -0.05) is 50.0 Å². The third-order valence-corrected chi connectivity index (χ3v) is 2.68. The maximum Gasteiger partial charge on any atom is 0.0107 e. The van der Waals surface area contributed by atoms with Gasteiger partial charge in [-0.2, -0.15) is 0 Å². The second kappa shape index (κ2) is 27.3. The largest absolute Gasteiger partial charge is 0.317 e. The first-order valence-electron chi connectivity index (χ1n) is 7.37. The molecule has 0 aromatic rings. The van der Waals surface area contributed by atoms with E-state index in [1.165, 1.54) is 52.1 Å². The molecule has 0 spiro atoms. The van der Waals surface area contributed by atoms with Gasteiger partial charge in [0.15, 0.2) is 0 Å². The molecule has 0 bridgehead atoms. The van der Waals surface area contributed by atoms with Gasteiger partial charge in [-0.15, -0.1) is 0 Å². The quantitative estimate of drug-likeness (QED) is 0.722. The molecule has 0 amide bonds. The summed E-state index contributed by atoms with van der Waals surface area (Å²) in [5.74, 6) is 0. The normalized spacial score (nSPS) is 17.1. The molecule has 0 aliphatic carbocycles. The summed E-state index contributed by atoms with van der Waals surface area (Å²) in [7, 11) is 4.35. The highest BCUT2D eigenvalue weighted by Gasteiger charge is 2.07. The number of likely N-dealkylation sites (N-methyl/N-ethyl adjacent to an activating group) is 2. The van der Waals surface area contributed by atoms with Crippen molar-refractivity contribution in [2.24, 2.45) is 0 Å². The lowest BCUT2D eigenvalue weighted by Crippen LogP contribution is -2.42. The van der Waals surface area contributed by atoms with Crippen molar-refractivity contribution < 1.29 is 0 Å². The van der Waals surface area contributed by atoms with Gasteiger partial charge in [-0.05, 0) is 40.0 Å². The molecule has 2 aliphatic heterocycles. The van der Waals surface area contributed by atoms with Crippen molar-refractivity contribution in [1.82, 2.24) is 15.1 Å². The first-order valence-corrected chi connectivity index (χ1v) is 7.37. The Kier molecular flexibility index (Phi) is 43.6. The molecule has 130 valence electrons. The van der Waals surface area contributed by atoms with E-state index in [-0.39, 0.29) is 22.3 Å². The molecular formula is C17H47N3. The zero-order valence-corrected chi connectivity index (χ0v) is 13.1. The number of rotatable bonds is 0. The lowest BCUT2D eigenvalue weighted by Gasteiger charge is -2.28. The van der Waals surface area contributed by atoms with Gasteiger partial charge in [0.2, 0.25) is 0 Å². The molecule has 3 heteroatoms. The molecule has 0 radical (unpaired) electrons. The second-order valence-electron chi connectivity index (χ2n) is 4.06. The van der Waals surface area contributed by atoms with E-state index in [2.05, 4.69) is 29.2 Å². The van der Waals surface area contributed by atoms with Crippen molar-refractivity contribution in [3.63, 3.8) is 0 Å². The van der Waals surface area contributed by atoms with Gasteiger partial charge in [0, 0.05) is 26.2 Å².